The number of hydrogen-bond acceptors (Lipinski definition) is 11. The molecular formula is C39H45N3O10S. The quantitative estimate of drug-likeness (QED) is 0.108. The first-order chi connectivity index (χ1) is 25.3. The second kappa shape index (κ2) is 20.5. The molecule has 53 heavy (non-hydrogen) atoms. The van der Waals surface area contributed by atoms with Crippen LogP contribution in [0.15, 0.2) is 91.0 Å². The Kier molecular flexibility index (Phi) is 16.2. The number of nitrogens with one attached hydrogen (secondary N) is 2. The summed E-state index contributed by atoms with van der Waals surface area (Å²) in [5.74, 6) is -4.52. The molecule has 0 aliphatic carbocycles. The Morgan fingerprint density at radius 3 is 1.75 bits per heavy atom. The van der Waals surface area contributed by atoms with Crippen LogP contribution in [-0.2, 0) is 57.8 Å². The third kappa shape index (κ3) is 12.0. The number of esters is 1. The van der Waals surface area contributed by atoms with Gasteiger partial charge in [-0.25, -0.2) is 14.5 Å². The van der Waals surface area contributed by atoms with Crippen LogP contribution in [0.2, 0.25) is 0 Å². The zero-order chi connectivity index (χ0) is 39.0. The lowest BCUT2D eigenvalue weighted by atomic mass is 9.78. The second-order valence-corrected chi connectivity index (χ2v) is 13.8. The van der Waals surface area contributed by atoms with E-state index < -0.39 is 70.5 Å². The Morgan fingerprint density at radius 2 is 1.28 bits per heavy atom. The number of amides is 4. The van der Waals surface area contributed by atoms with E-state index in [0.717, 1.165) is 14.0 Å². The summed E-state index contributed by atoms with van der Waals surface area (Å²) in [7, 11) is 2.31. The molecule has 3 aromatic rings. The minimum Gasteiger partial charge on any atom is -0.469 e. The van der Waals surface area contributed by atoms with Crippen molar-refractivity contribution in [1.82, 2.24) is 15.5 Å². The first-order valence-corrected chi connectivity index (χ1v) is 17.8. The summed E-state index contributed by atoms with van der Waals surface area (Å²) in [6.07, 6.45) is -3.69. The molecule has 0 spiro atoms. The number of methoxy groups -OCH3 is 1. The van der Waals surface area contributed by atoms with E-state index in [1.165, 1.54) is 7.05 Å². The average Bonchev–Trinajstić information content (AvgIpc) is 3.15. The molecule has 3 rings (SSSR count). The molecule has 282 valence electrons. The minimum atomic E-state index is -2.74. The number of ether oxygens (including phenoxy) is 3. The van der Waals surface area contributed by atoms with E-state index in [9.17, 15) is 28.8 Å². The summed E-state index contributed by atoms with van der Waals surface area (Å²) < 4.78 is 15.8. The Morgan fingerprint density at radius 1 is 0.774 bits per heavy atom. The molecule has 4 amide bonds. The van der Waals surface area contributed by atoms with E-state index >= 15 is 4.79 Å². The van der Waals surface area contributed by atoms with Gasteiger partial charge in [0, 0.05) is 20.4 Å². The van der Waals surface area contributed by atoms with Crippen molar-refractivity contribution in [3.63, 3.8) is 0 Å². The fourth-order valence-corrected chi connectivity index (χ4v) is 6.37. The van der Waals surface area contributed by atoms with Crippen LogP contribution in [0, 0.1) is 5.92 Å². The molecule has 2 N–H and O–H groups in total. The molecule has 3 aromatic carbocycles. The molecule has 3 atom stereocenters. The van der Waals surface area contributed by atoms with Crippen LogP contribution in [0.3, 0.4) is 0 Å². The number of imide groups is 1. The number of carbonyl (C=O) groups excluding carboxylic acids is 7. The van der Waals surface area contributed by atoms with E-state index in [1.54, 1.807) is 105 Å². The normalized spacial score (nSPS) is 13.0. The lowest BCUT2D eigenvalue weighted by molar-refractivity contribution is -0.154. The molecule has 14 heteroatoms. The van der Waals surface area contributed by atoms with Gasteiger partial charge in [0.15, 0.2) is 16.4 Å². The van der Waals surface area contributed by atoms with Crippen LogP contribution >= 0.6 is 11.8 Å². The van der Waals surface area contributed by atoms with Crippen LogP contribution in [0.25, 0.3) is 0 Å². The summed E-state index contributed by atoms with van der Waals surface area (Å²) >= 11 is 0.428. The number of alkyl carbamates (subject to hydrolysis) is 1. The first kappa shape index (κ1) is 41.9. The fourth-order valence-electron chi connectivity index (χ4n) is 5.54. The van der Waals surface area contributed by atoms with Crippen molar-refractivity contribution in [1.29, 1.82) is 0 Å². The van der Waals surface area contributed by atoms with Crippen LogP contribution in [0.1, 0.15) is 50.3 Å². The maximum Gasteiger partial charge on any atom is 0.418 e. The molecular weight excluding hydrogens is 703 g/mol. The predicted molar refractivity (Wildman–Crippen MR) is 197 cm³/mol. The highest BCUT2D eigenvalue weighted by Gasteiger charge is 2.59. The smallest absolute Gasteiger partial charge is 0.418 e. The molecule has 0 fully saturated rings. The van der Waals surface area contributed by atoms with Crippen LogP contribution in [0.4, 0.5) is 9.59 Å². The van der Waals surface area contributed by atoms with Crippen molar-refractivity contribution in [2.75, 3.05) is 14.2 Å². The molecule has 0 heterocycles. The molecule has 0 aliphatic heterocycles. The summed E-state index contributed by atoms with van der Waals surface area (Å²) in [5, 5.41) is 2.79. The van der Waals surface area contributed by atoms with Gasteiger partial charge >= 0.3 is 18.2 Å². The van der Waals surface area contributed by atoms with Crippen LogP contribution < -0.4 is 10.6 Å². The Labute approximate surface area is 313 Å². The van der Waals surface area contributed by atoms with E-state index in [1.807, 2.05) is 0 Å². The topological polar surface area (TPSA) is 174 Å². The maximum absolute atomic E-state index is 15.3. The van der Waals surface area contributed by atoms with Gasteiger partial charge in [-0.2, -0.15) is 0 Å². The number of nitrogens with zero attached hydrogens (tertiary/aromatic N) is 1. The highest BCUT2D eigenvalue weighted by Crippen LogP contribution is 2.32. The van der Waals surface area contributed by atoms with E-state index in [0.29, 0.717) is 33.4 Å². The van der Waals surface area contributed by atoms with Crippen LogP contribution in [0.5, 0.6) is 0 Å². The Bertz CT molecular complexity index is 1720. The number of hydrogen-bond donors (Lipinski definition) is 2. The number of carbonyl (C=O) groups is 7. The van der Waals surface area contributed by atoms with E-state index in [2.05, 4.69) is 10.6 Å². The lowest BCUT2D eigenvalue weighted by Gasteiger charge is -2.42. The average molecular weight is 748 g/mol. The standard InChI is InChI=1S/C39H45N3O10S/c1-26(2)21-31(41-37(48)51-24-29-17-11-7-12-18-29)34(45)39(36(47)40-4,23-28-15-9-6-10-16-28)42(38(49)52-25-30-19-13-8-14-20-30)35(46)32(53-27(3)43)22-33(44)50-5/h6-20,26,31-32H,21-25H2,1-5H3,(H,40,47)(H,41,48)/t31-,32?,39+/m0/s1. The van der Waals surface area contributed by atoms with Crippen molar-refractivity contribution in [3.05, 3.63) is 108 Å². The zero-order valence-electron chi connectivity index (χ0n) is 30.4. The highest BCUT2D eigenvalue weighted by atomic mass is 32.2. The SMILES string of the molecule is CNC(=O)[C@@](Cc1ccccc1)(C(=O)[C@H](CC(C)C)NC(=O)OCc1ccccc1)N(C(=O)OCc1ccccc1)C(=O)C(CC(=O)OC)SC(C)=O. The first-order valence-electron chi connectivity index (χ1n) is 16.9. The molecule has 1 unspecified atom stereocenters. The maximum atomic E-state index is 15.3. The van der Waals surface area contributed by atoms with Crippen molar-refractivity contribution < 1.29 is 47.8 Å². The number of ketones is 1. The van der Waals surface area contributed by atoms with Crippen molar-refractivity contribution in [3.8, 4) is 0 Å². The molecule has 0 aliphatic rings. The molecule has 0 saturated heterocycles. The molecule has 0 radical (unpaired) electrons. The van der Waals surface area contributed by atoms with Gasteiger partial charge in [0.25, 0.3) is 5.91 Å². The fraction of sp³-hybridized carbons (Fsp3) is 0.359. The van der Waals surface area contributed by atoms with Crippen molar-refractivity contribution in [2.45, 2.75) is 70.1 Å². The molecule has 13 nitrogen and oxygen atoms in total. The largest absolute Gasteiger partial charge is 0.469 e. The Balaban J connectivity index is 2.26. The lowest BCUT2D eigenvalue weighted by Crippen LogP contribution is -2.72. The van der Waals surface area contributed by atoms with Gasteiger partial charge in [0.1, 0.15) is 18.5 Å². The summed E-state index contributed by atoms with van der Waals surface area (Å²) in [6.45, 7) is 4.22. The number of thioether (sulfide) groups is 1. The van der Waals surface area contributed by atoms with Gasteiger partial charge in [-0.15, -0.1) is 0 Å². The monoisotopic (exact) mass is 747 g/mol. The van der Waals surface area contributed by atoms with Gasteiger partial charge in [0.2, 0.25) is 5.91 Å². The number of likely N-dealkylation sites (N-methyl/N-ethyl adjacent to an activating group) is 1. The van der Waals surface area contributed by atoms with Gasteiger partial charge in [-0.3, -0.25) is 24.0 Å². The molecule has 0 aromatic heterocycles. The van der Waals surface area contributed by atoms with Gasteiger partial charge < -0.3 is 24.8 Å². The molecule has 0 saturated carbocycles. The van der Waals surface area contributed by atoms with Crippen molar-refractivity contribution in [2.24, 2.45) is 5.92 Å². The Hall–Kier alpha value is -5.50. The summed E-state index contributed by atoms with van der Waals surface area (Å²) in [6, 6.07) is 24.0. The number of Topliss-reactive ketones (excluding diaryl/α,β-unsaturated/α-hetero) is 1. The highest BCUT2D eigenvalue weighted by molar-refractivity contribution is 8.14. The number of benzene rings is 3. The summed E-state index contributed by atoms with van der Waals surface area (Å²) in [4.78, 5) is 97.6. The second-order valence-electron chi connectivity index (χ2n) is 12.4. The summed E-state index contributed by atoms with van der Waals surface area (Å²) in [5.41, 5.74) is -1.18. The zero-order valence-corrected chi connectivity index (χ0v) is 31.2. The minimum absolute atomic E-state index is 0.0400. The van der Waals surface area contributed by atoms with Crippen LogP contribution in [-0.4, -0.2) is 76.8 Å². The van der Waals surface area contributed by atoms with Crippen molar-refractivity contribution >= 4 is 52.6 Å². The predicted octanol–water partition coefficient (Wildman–Crippen LogP) is 5.00. The van der Waals surface area contributed by atoms with E-state index in [4.69, 9.17) is 14.2 Å². The third-order valence-corrected chi connectivity index (χ3v) is 8.98. The number of rotatable bonds is 17. The van der Waals surface area contributed by atoms with Gasteiger partial charge in [-0.1, -0.05) is 117 Å². The third-order valence-electron chi connectivity index (χ3n) is 7.99. The van der Waals surface area contributed by atoms with E-state index in [-0.39, 0.29) is 25.6 Å². The van der Waals surface area contributed by atoms with Gasteiger partial charge in [0.05, 0.1) is 19.6 Å². The molecule has 0 bridgehead atoms. The van der Waals surface area contributed by atoms with Gasteiger partial charge in [-0.05, 0) is 29.0 Å².